The summed E-state index contributed by atoms with van der Waals surface area (Å²) in [6.45, 7) is 5.25. The molecule has 0 unspecified atom stereocenters. The van der Waals surface area contributed by atoms with Gasteiger partial charge >= 0.3 is 0 Å². The van der Waals surface area contributed by atoms with Crippen molar-refractivity contribution in [2.24, 2.45) is 0 Å². The molecule has 0 fully saturated rings. The van der Waals surface area contributed by atoms with Crippen LogP contribution < -0.4 is 10.1 Å². The van der Waals surface area contributed by atoms with Crippen molar-refractivity contribution >= 4 is 11.6 Å². The summed E-state index contributed by atoms with van der Waals surface area (Å²) in [6, 6.07) is 7.24. The first-order valence-electron chi connectivity index (χ1n) is 5.30. The fourth-order valence-electron chi connectivity index (χ4n) is 1.20. The van der Waals surface area contributed by atoms with Crippen LogP contribution in [0, 0.1) is 0 Å². The molecule has 88 valence electrons. The quantitative estimate of drug-likeness (QED) is 0.594. The second-order valence-corrected chi connectivity index (χ2v) is 3.25. The molecule has 0 aliphatic rings. The zero-order valence-corrected chi connectivity index (χ0v) is 9.66. The molecule has 0 aromatic heterocycles. The smallest absolute Gasteiger partial charge is 0.221 e. The van der Waals surface area contributed by atoms with Gasteiger partial charge in [-0.25, -0.2) is 0 Å². The number of nitrogens with one attached hydrogen (secondary N) is 1. The summed E-state index contributed by atoms with van der Waals surface area (Å²) < 4.78 is 10.6. The first-order chi connectivity index (χ1) is 7.72. The van der Waals surface area contributed by atoms with Gasteiger partial charge in [0.1, 0.15) is 12.4 Å². The molecule has 0 bridgehead atoms. The highest BCUT2D eigenvalue weighted by Crippen LogP contribution is 2.15. The van der Waals surface area contributed by atoms with Gasteiger partial charge in [0, 0.05) is 19.2 Å². The van der Waals surface area contributed by atoms with Crippen LogP contribution in [-0.4, -0.2) is 25.7 Å². The van der Waals surface area contributed by atoms with Crippen LogP contribution in [0.4, 0.5) is 5.69 Å². The Balaban J connectivity index is 2.36. The molecule has 1 N–H and O–H groups in total. The van der Waals surface area contributed by atoms with Crippen molar-refractivity contribution in [3.05, 3.63) is 24.3 Å². The number of ether oxygens (including phenoxy) is 2. The third kappa shape index (κ3) is 4.79. The summed E-state index contributed by atoms with van der Waals surface area (Å²) in [6.07, 6.45) is 0. The van der Waals surface area contributed by atoms with Gasteiger partial charge in [0.2, 0.25) is 5.91 Å². The molecule has 1 aromatic rings. The topological polar surface area (TPSA) is 47.6 Å². The lowest BCUT2D eigenvalue weighted by Crippen LogP contribution is -2.07. The van der Waals surface area contributed by atoms with Gasteiger partial charge in [-0.1, -0.05) is 0 Å². The van der Waals surface area contributed by atoms with Crippen LogP contribution in [0.25, 0.3) is 0 Å². The van der Waals surface area contributed by atoms with E-state index in [9.17, 15) is 4.79 Å². The van der Waals surface area contributed by atoms with E-state index in [-0.39, 0.29) is 5.91 Å². The summed E-state index contributed by atoms with van der Waals surface area (Å²) in [5.74, 6) is 0.693. The molecule has 1 rings (SSSR count). The number of amides is 1. The number of rotatable bonds is 6. The zero-order chi connectivity index (χ0) is 11.8. The predicted molar refractivity (Wildman–Crippen MR) is 62.7 cm³/mol. The van der Waals surface area contributed by atoms with E-state index in [1.54, 1.807) is 12.1 Å². The predicted octanol–water partition coefficient (Wildman–Crippen LogP) is 2.06. The van der Waals surface area contributed by atoms with Gasteiger partial charge < -0.3 is 14.8 Å². The van der Waals surface area contributed by atoms with Crippen LogP contribution in [-0.2, 0) is 9.53 Å². The fourth-order valence-corrected chi connectivity index (χ4v) is 1.20. The summed E-state index contributed by atoms with van der Waals surface area (Å²) in [5, 5.41) is 2.69. The van der Waals surface area contributed by atoms with E-state index in [2.05, 4.69) is 5.32 Å². The third-order valence-electron chi connectivity index (χ3n) is 1.88. The van der Waals surface area contributed by atoms with Crippen molar-refractivity contribution in [2.45, 2.75) is 13.8 Å². The van der Waals surface area contributed by atoms with Gasteiger partial charge in [-0.05, 0) is 31.2 Å². The SMILES string of the molecule is C[13CH2]OCCOc1ccc(NC(C)=O)cc1. The lowest BCUT2D eigenvalue weighted by atomic mass is 10.3. The van der Waals surface area contributed by atoms with E-state index in [1.807, 2.05) is 19.1 Å². The largest absolute Gasteiger partial charge is 0.491 e. The van der Waals surface area contributed by atoms with E-state index in [0.29, 0.717) is 19.8 Å². The molecule has 0 saturated carbocycles. The Morgan fingerprint density at radius 3 is 2.50 bits per heavy atom. The molecule has 16 heavy (non-hydrogen) atoms. The van der Waals surface area contributed by atoms with Crippen LogP contribution in [0.15, 0.2) is 24.3 Å². The highest BCUT2D eigenvalue weighted by atomic mass is 16.6. The maximum Gasteiger partial charge on any atom is 0.221 e. The van der Waals surface area contributed by atoms with Gasteiger partial charge in [-0.3, -0.25) is 4.79 Å². The molecule has 0 atom stereocenters. The molecule has 0 radical (unpaired) electrons. The Bertz CT molecular complexity index is 322. The molecule has 1 amide bonds. The molecule has 0 saturated heterocycles. The lowest BCUT2D eigenvalue weighted by molar-refractivity contribution is -0.114. The van der Waals surface area contributed by atoms with Gasteiger partial charge in [0.15, 0.2) is 0 Å². The van der Waals surface area contributed by atoms with Gasteiger partial charge in [0.25, 0.3) is 0 Å². The highest BCUT2D eigenvalue weighted by Gasteiger charge is 1.96. The maximum atomic E-state index is 10.8. The second-order valence-electron chi connectivity index (χ2n) is 3.25. The van der Waals surface area contributed by atoms with Crippen molar-refractivity contribution in [1.82, 2.24) is 0 Å². The number of anilines is 1. The maximum absolute atomic E-state index is 10.8. The normalized spacial score (nSPS) is 9.88. The lowest BCUT2D eigenvalue weighted by Gasteiger charge is -2.07. The van der Waals surface area contributed by atoms with E-state index in [0.717, 1.165) is 11.4 Å². The first kappa shape index (κ1) is 12.5. The van der Waals surface area contributed by atoms with Gasteiger partial charge in [-0.2, -0.15) is 0 Å². The Kier molecular flexibility index (Phi) is 5.36. The summed E-state index contributed by atoms with van der Waals surface area (Å²) in [5.41, 5.74) is 0.768. The van der Waals surface area contributed by atoms with Crippen LogP contribution in [0.3, 0.4) is 0 Å². The van der Waals surface area contributed by atoms with E-state index < -0.39 is 0 Å². The van der Waals surface area contributed by atoms with E-state index in [4.69, 9.17) is 9.47 Å². The van der Waals surface area contributed by atoms with Crippen molar-refractivity contribution in [1.29, 1.82) is 0 Å². The van der Waals surface area contributed by atoms with Gasteiger partial charge in [0.05, 0.1) is 6.61 Å². The van der Waals surface area contributed by atoms with Crippen molar-refractivity contribution in [3.63, 3.8) is 0 Å². The Labute approximate surface area is 95.6 Å². The van der Waals surface area contributed by atoms with Crippen LogP contribution >= 0.6 is 0 Å². The van der Waals surface area contributed by atoms with E-state index in [1.165, 1.54) is 6.92 Å². The second kappa shape index (κ2) is 6.85. The average molecular weight is 224 g/mol. The third-order valence-corrected chi connectivity index (χ3v) is 1.88. The Morgan fingerprint density at radius 1 is 1.25 bits per heavy atom. The highest BCUT2D eigenvalue weighted by molar-refractivity contribution is 5.88. The average Bonchev–Trinajstić information content (AvgIpc) is 2.26. The molecule has 0 aliphatic carbocycles. The van der Waals surface area contributed by atoms with Gasteiger partial charge in [-0.15, -0.1) is 0 Å². The van der Waals surface area contributed by atoms with Crippen LogP contribution in [0.2, 0.25) is 0 Å². The number of carbonyl (C=O) groups excluding carboxylic acids is 1. The molecule has 4 heteroatoms. The molecular formula is C12H17NO3. The fraction of sp³-hybridized carbons (Fsp3) is 0.417. The zero-order valence-electron chi connectivity index (χ0n) is 9.66. The molecule has 1 aromatic carbocycles. The minimum absolute atomic E-state index is 0.0787. The Hall–Kier alpha value is -1.55. The molecular weight excluding hydrogens is 207 g/mol. The molecule has 0 spiro atoms. The van der Waals surface area contributed by atoms with Crippen molar-refractivity contribution in [3.8, 4) is 5.75 Å². The molecule has 4 nitrogen and oxygen atoms in total. The molecule has 0 heterocycles. The summed E-state index contributed by atoms with van der Waals surface area (Å²) in [4.78, 5) is 10.8. The number of hydrogen-bond donors (Lipinski definition) is 1. The van der Waals surface area contributed by atoms with Crippen LogP contribution in [0.5, 0.6) is 5.75 Å². The standard InChI is InChI=1S/C12H17NO3/c1-3-15-8-9-16-12-6-4-11(5-7-12)13-10(2)14/h4-7H,3,8-9H2,1-2H3,(H,13,14)/i3+1. The van der Waals surface area contributed by atoms with Crippen LogP contribution in [0.1, 0.15) is 13.8 Å². The number of carbonyl (C=O) groups is 1. The first-order valence-corrected chi connectivity index (χ1v) is 5.30. The van der Waals surface area contributed by atoms with Crippen molar-refractivity contribution < 1.29 is 14.3 Å². The minimum atomic E-state index is -0.0787. The Morgan fingerprint density at radius 2 is 1.94 bits per heavy atom. The summed E-state index contributed by atoms with van der Waals surface area (Å²) >= 11 is 0. The molecule has 0 aliphatic heterocycles. The number of benzene rings is 1. The minimum Gasteiger partial charge on any atom is -0.491 e. The van der Waals surface area contributed by atoms with Crippen molar-refractivity contribution in [2.75, 3.05) is 25.1 Å². The van der Waals surface area contributed by atoms with E-state index >= 15 is 0 Å². The summed E-state index contributed by atoms with van der Waals surface area (Å²) in [7, 11) is 0. The monoisotopic (exact) mass is 224 g/mol. The number of hydrogen-bond acceptors (Lipinski definition) is 3.